The molecule has 2 rings (SSSR count). The minimum Gasteiger partial charge on any atom is -0.358 e. The van der Waals surface area contributed by atoms with Crippen LogP contribution < -0.4 is 5.73 Å². The molecule has 0 unspecified atom stereocenters. The summed E-state index contributed by atoms with van der Waals surface area (Å²) < 4.78 is 0. The van der Waals surface area contributed by atoms with Crippen molar-refractivity contribution in [3.05, 3.63) is 48.2 Å². The van der Waals surface area contributed by atoms with E-state index in [1.165, 1.54) is 10.9 Å². The van der Waals surface area contributed by atoms with Gasteiger partial charge in [0, 0.05) is 22.6 Å². The number of aryl methyl sites for hydroxylation is 1. The van der Waals surface area contributed by atoms with Crippen LogP contribution in [0.1, 0.15) is 23.7 Å². The van der Waals surface area contributed by atoms with Gasteiger partial charge in [0.05, 0.1) is 0 Å². The molecule has 1 atom stereocenters. The highest BCUT2D eigenvalue weighted by Gasteiger charge is 2.13. The Labute approximate surface area is 89.8 Å². The van der Waals surface area contributed by atoms with Crippen molar-refractivity contribution in [3.63, 3.8) is 0 Å². The number of aromatic nitrogens is 1. The first-order valence-electron chi connectivity index (χ1n) is 5.17. The molecule has 0 radical (unpaired) electrons. The summed E-state index contributed by atoms with van der Waals surface area (Å²) in [5, 5.41) is 1.23. The monoisotopic (exact) mass is 200 g/mol. The van der Waals surface area contributed by atoms with E-state index >= 15 is 0 Å². The molecule has 0 aliphatic rings. The summed E-state index contributed by atoms with van der Waals surface area (Å²) in [6.07, 6.45) is 2.68. The molecule has 1 aromatic carbocycles. The van der Waals surface area contributed by atoms with E-state index in [1.54, 1.807) is 0 Å². The van der Waals surface area contributed by atoms with E-state index in [0.717, 1.165) is 17.6 Å². The van der Waals surface area contributed by atoms with Gasteiger partial charge in [-0.25, -0.2) is 0 Å². The minimum atomic E-state index is 0.0404. The van der Waals surface area contributed by atoms with Crippen LogP contribution >= 0.6 is 0 Å². The van der Waals surface area contributed by atoms with Gasteiger partial charge in [-0.1, -0.05) is 24.3 Å². The van der Waals surface area contributed by atoms with Gasteiger partial charge in [-0.3, -0.25) is 0 Å². The van der Waals surface area contributed by atoms with Gasteiger partial charge < -0.3 is 10.7 Å². The number of benzene rings is 1. The second-order valence-electron chi connectivity index (χ2n) is 3.84. The Kier molecular flexibility index (Phi) is 2.60. The summed E-state index contributed by atoms with van der Waals surface area (Å²) in [7, 11) is 0. The standard InChI is InChI=1S/C13H16N2/c1-3-6-11(14)13-9(2)15-12-8-5-4-7-10(12)13/h3-5,7-8,11,15H,1,6,14H2,2H3/t11-/m1/s1. The number of fused-ring (bicyclic) bond motifs is 1. The summed E-state index contributed by atoms with van der Waals surface area (Å²) >= 11 is 0. The SMILES string of the molecule is C=CC[C@@H](N)c1c(C)[nH]c2ccccc12. The van der Waals surface area contributed by atoms with Crippen LogP contribution in [0.25, 0.3) is 10.9 Å². The van der Waals surface area contributed by atoms with Crippen LogP contribution in [0.4, 0.5) is 0 Å². The average molecular weight is 200 g/mol. The molecule has 15 heavy (non-hydrogen) atoms. The quantitative estimate of drug-likeness (QED) is 0.735. The molecule has 3 N–H and O–H groups in total. The summed E-state index contributed by atoms with van der Waals surface area (Å²) in [5.41, 5.74) is 9.65. The predicted octanol–water partition coefficient (Wildman–Crippen LogP) is 3.05. The molecule has 78 valence electrons. The lowest BCUT2D eigenvalue weighted by atomic mass is 10.0. The van der Waals surface area contributed by atoms with Crippen LogP contribution in [-0.2, 0) is 0 Å². The molecule has 2 aromatic rings. The summed E-state index contributed by atoms with van der Waals surface area (Å²) in [5.74, 6) is 0. The molecule has 1 heterocycles. The third-order valence-electron chi connectivity index (χ3n) is 2.73. The van der Waals surface area contributed by atoms with Gasteiger partial charge in [-0.15, -0.1) is 6.58 Å². The van der Waals surface area contributed by atoms with Gasteiger partial charge in [-0.05, 0) is 25.0 Å². The maximum Gasteiger partial charge on any atom is 0.0459 e. The maximum atomic E-state index is 6.13. The van der Waals surface area contributed by atoms with Crippen LogP contribution in [0.5, 0.6) is 0 Å². The van der Waals surface area contributed by atoms with Crippen molar-refractivity contribution in [2.75, 3.05) is 0 Å². The number of nitrogens with two attached hydrogens (primary N) is 1. The highest BCUT2D eigenvalue weighted by Crippen LogP contribution is 2.28. The Bertz CT molecular complexity index is 482. The van der Waals surface area contributed by atoms with Crippen molar-refractivity contribution in [3.8, 4) is 0 Å². The molecule has 2 nitrogen and oxygen atoms in total. The van der Waals surface area contributed by atoms with Crippen molar-refractivity contribution in [1.29, 1.82) is 0 Å². The molecule has 0 aliphatic carbocycles. The van der Waals surface area contributed by atoms with Gasteiger partial charge in [0.1, 0.15) is 0 Å². The van der Waals surface area contributed by atoms with Gasteiger partial charge in [-0.2, -0.15) is 0 Å². The molecule has 1 aromatic heterocycles. The van der Waals surface area contributed by atoms with Crippen molar-refractivity contribution >= 4 is 10.9 Å². The molecule has 0 aliphatic heterocycles. The summed E-state index contributed by atoms with van der Waals surface area (Å²) in [6.45, 7) is 5.80. The lowest BCUT2D eigenvalue weighted by molar-refractivity contribution is 0.741. The van der Waals surface area contributed by atoms with Gasteiger partial charge >= 0.3 is 0 Å². The Morgan fingerprint density at radius 3 is 2.93 bits per heavy atom. The fraction of sp³-hybridized carbons (Fsp3) is 0.231. The normalized spacial score (nSPS) is 12.9. The van der Waals surface area contributed by atoms with E-state index < -0.39 is 0 Å². The molecular formula is C13H16N2. The minimum absolute atomic E-state index is 0.0404. The van der Waals surface area contributed by atoms with Crippen LogP contribution in [-0.4, -0.2) is 4.98 Å². The molecule has 0 bridgehead atoms. The smallest absolute Gasteiger partial charge is 0.0459 e. The second kappa shape index (κ2) is 3.91. The Balaban J connectivity index is 2.58. The number of aromatic amines is 1. The highest BCUT2D eigenvalue weighted by atomic mass is 14.7. The first-order valence-corrected chi connectivity index (χ1v) is 5.17. The van der Waals surface area contributed by atoms with Crippen LogP contribution in [0, 0.1) is 6.92 Å². The van der Waals surface area contributed by atoms with Crippen molar-refractivity contribution in [2.24, 2.45) is 5.73 Å². The van der Waals surface area contributed by atoms with Gasteiger partial charge in [0.25, 0.3) is 0 Å². The number of hydrogen-bond donors (Lipinski definition) is 2. The van der Waals surface area contributed by atoms with E-state index in [1.807, 2.05) is 18.2 Å². The lowest BCUT2D eigenvalue weighted by Gasteiger charge is -2.09. The van der Waals surface area contributed by atoms with E-state index in [2.05, 4.69) is 30.6 Å². The Morgan fingerprint density at radius 2 is 2.20 bits per heavy atom. The van der Waals surface area contributed by atoms with Crippen LogP contribution in [0.15, 0.2) is 36.9 Å². The number of nitrogens with one attached hydrogen (secondary N) is 1. The summed E-state index contributed by atoms with van der Waals surface area (Å²) in [6, 6.07) is 8.29. The highest BCUT2D eigenvalue weighted by molar-refractivity contribution is 5.85. The average Bonchev–Trinajstić information content (AvgIpc) is 2.54. The van der Waals surface area contributed by atoms with E-state index in [-0.39, 0.29) is 6.04 Å². The predicted molar refractivity (Wildman–Crippen MR) is 64.8 cm³/mol. The van der Waals surface area contributed by atoms with E-state index in [9.17, 15) is 0 Å². The third-order valence-corrected chi connectivity index (χ3v) is 2.73. The van der Waals surface area contributed by atoms with Gasteiger partial charge in [0.15, 0.2) is 0 Å². The molecule has 0 saturated heterocycles. The number of rotatable bonds is 3. The maximum absolute atomic E-state index is 6.13. The zero-order valence-corrected chi connectivity index (χ0v) is 8.96. The zero-order chi connectivity index (χ0) is 10.8. The first kappa shape index (κ1) is 9.99. The fourth-order valence-corrected chi connectivity index (χ4v) is 2.07. The van der Waals surface area contributed by atoms with Crippen LogP contribution in [0.3, 0.4) is 0 Å². The zero-order valence-electron chi connectivity index (χ0n) is 8.96. The molecular weight excluding hydrogens is 184 g/mol. The van der Waals surface area contributed by atoms with Crippen molar-refractivity contribution < 1.29 is 0 Å². The van der Waals surface area contributed by atoms with Crippen molar-refractivity contribution in [1.82, 2.24) is 4.98 Å². The molecule has 0 amide bonds. The number of H-pyrrole nitrogens is 1. The number of hydrogen-bond acceptors (Lipinski definition) is 1. The Hall–Kier alpha value is -1.54. The fourth-order valence-electron chi connectivity index (χ4n) is 2.07. The molecule has 0 fully saturated rings. The van der Waals surface area contributed by atoms with E-state index in [0.29, 0.717) is 0 Å². The molecule has 0 saturated carbocycles. The van der Waals surface area contributed by atoms with Gasteiger partial charge in [0.2, 0.25) is 0 Å². The second-order valence-corrected chi connectivity index (χ2v) is 3.84. The first-order chi connectivity index (χ1) is 7.24. The molecule has 0 spiro atoms. The van der Waals surface area contributed by atoms with Crippen molar-refractivity contribution in [2.45, 2.75) is 19.4 Å². The molecule has 2 heteroatoms. The summed E-state index contributed by atoms with van der Waals surface area (Å²) in [4.78, 5) is 3.35. The lowest BCUT2D eigenvalue weighted by Crippen LogP contribution is -2.09. The number of para-hydroxylation sites is 1. The van der Waals surface area contributed by atoms with Crippen LogP contribution in [0.2, 0.25) is 0 Å². The topological polar surface area (TPSA) is 41.8 Å². The Morgan fingerprint density at radius 1 is 1.47 bits per heavy atom. The third kappa shape index (κ3) is 1.68. The largest absolute Gasteiger partial charge is 0.358 e. The van der Waals surface area contributed by atoms with E-state index in [4.69, 9.17) is 5.73 Å².